The van der Waals surface area contributed by atoms with E-state index in [0.717, 1.165) is 32.1 Å². The zero-order valence-corrected chi connectivity index (χ0v) is 33.2. The summed E-state index contributed by atoms with van der Waals surface area (Å²) in [5.41, 5.74) is 20.3. The third kappa shape index (κ3) is 4.61. The molecule has 0 N–H and O–H groups in total. The van der Waals surface area contributed by atoms with E-state index in [0.29, 0.717) is 5.92 Å². The Bertz CT molecular complexity index is 2570. The van der Waals surface area contributed by atoms with Crippen molar-refractivity contribution in [3.8, 4) is 0 Å². The maximum absolute atomic E-state index is 2.89. The molecule has 0 bridgehead atoms. The Morgan fingerprint density at radius 2 is 1.30 bits per heavy atom. The normalized spacial score (nSPS) is 27.1. The molecule has 0 saturated heterocycles. The molecule has 0 aliphatic heterocycles. The van der Waals surface area contributed by atoms with E-state index in [1.165, 1.54) is 72.5 Å². The average molecular weight is 726 g/mol. The minimum Gasteiger partial charge on any atom is -0.361 e. The Balaban J connectivity index is 1.06. The summed E-state index contributed by atoms with van der Waals surface area (Å²) in [5.74, 6) is 0.349. The van der Waals surface area contributed by atoms with Crippen molar-refractivity contribution in [2.75, 3.05) is 0 Å². The van der Waals surface area contributed by atoms with Crippen LogP contribution in [0.25, 0.3) is 16.7 Å². The summed E-state index contributed by atoms with van der Waals surface area (Å²) < 4.78 is 0. The van der Waals surface area contributed by atoms with Crippen molar-refractivity contribution in [3.05, 3.63) is 219 Å². The van der Waals surface area contributed by atoms with Gasteiger partial charge in [-0.05, 0) is 111 Å². The van der Waals surface area contributed by atoms with Crippen molar-refractivity contribution in [1.29, 1.82) is 0 Å². The van der Waals surface area contributed by atoms with Gasteiger partial charge in [-0.15, -0.1) is 0 Å². The molecule has 4 unspecified atom stereocenters. The number of benzene rings is 4. The van der Waals surface area contributed by atoms with Gasteiger partial charge in [-0.2, -0.15) is 0 Å². The lowest BCUT2D eigenvalue weighted by atomic mass is 9.61. The zero-order chi connectivity index (χ0) is 37.8. The Labute approximate surface area is 333 Å². The molecule has 4 atom stereocenters. The Morgan fingerprint density at radius 1 is 0.643 bits per heavy atom. The Morgan fingerprint density at radius 3 is 2.11 bits per heavy atom. The lowest BCUT2D eigenvalue weighted by Crippen LogP contribution is -2.44. The van der Waals surface area contributed by atoms with Crippen LogP contribution in [-0.2, 0) is 16.2 Å². The largest absolute Gasteiger partial charge is 0.361 e. The fourth-order valence-corrected chi connectivity index (χ4v) is 12.3. The highest BCUT2D eigenvalue weighted by molar-refractivity contribution is 5.88. The molecule has 4 aromatic carbocycles. The van der Waals surface area contributed by atoms with E-state index in [1.807, 2.05) is 0 Å². The van der Waals surface area contributed by atoms with Crippen molar-refractivity contribution in [2.45, 2.75) is 88.1 Å². The second kappa shape index (κ2) is 12.3. The van der Waals surface area contributed by atoms with Crippen LogP contribution in [0.15, 0.2) is 180 Å². The van der Waals surface area contributed by atoms with Crippen LogP contribution in [0.2, 0.25) is 0 Å². The van der Waals surface area contributed by atoms with E-state index in [2.05, 4.69) is 190 Å². The number of rotatable bonds is 5. The SMILES string of the molecule is CC1(C)C2=C(CC(N(C3=CC(C4(c5ccccc5)c5ccccc5C5=CC=CCC54)=CCC3)C3C=CC4=C(C3)C(C)(C)c3ccccc34)C=C2)c2ccccc21. The maximum Gasteiger partial charge on any atom is 0.0526 e. The van der Waals surface area contributed by atoms with Gasteiger partial charge in [-0.1, -0.05) is 179 Å². The van der Waals surface area contributed by atoms with Gasteiger partial charge in [0.25, 0.3) is 0 Å². The van der Waals surface area contributed by atoms with Crippen molar-refractivity contribution >= 4 is 16.7 Å². The number of allylic oxidation sites excluding steroid dienone is 12. The highest BCUT2D eigenvalue weighted by atomic mass is 15.2. The van der Waals surface area contributed by atoms with Crippen LogP contribution in [0.4, 0.5) is 0 Å². The van der Waals surface area contributed by atoms with Crippen molar-refractivity contribution in [1.82, 2.24) is 4.90 Å². The van der Waals surface area contributed by atoms with Crippen LogP contribution in [0.5, 0.6) is 0 Å². The van der Waals surface area contributed by atoms with Crippen LogP contribution >= 0.6 is 0 Å². The number of hydrogen-bond acceptors (Lipinski definition) is 1. The van der Waals surface area contributed by atoms with Gasteiger partial charge in [0.2, 0.25) is 0 Å². The summed E-state index contributed by atoms with van der Waals surface area (Å²) in [5, 5.41) is 0. The van der Waals surface area contributed by atoms with E-state index in [-0.39, 0.29) is 28.3 Å². The molecule has 0 radical (unpaired) electrons. The molecule has 0 fully saturated rings. The molecule has 11 rings (SSSR count). The molecular weight excluding hydrogens is 675 g/mol. The summed E-state index contributed by atoms with van der Waals surface area (Å²) in [6.45, 7) is 9.74. The van der Waals surface area contributed by atoms with Gasteiger partial charge in [0, 0.05) is 22.4 Å². The smallest absolute Gasteiger partial charge is 0.0526 e. The summed E-state index contributed by atoms with van der Waals surface area (Å²) in [4.78, 5) is 2.89. The van der Waals surface area contributed by atoms with Crippen LogP contribution < -0.4 is 0 Å². The molecule has 0 aromatic heterocycles. The van der Waals surface area contributed by atoms with E-state index in [9.17, 15) is 0 Å². The fourth-order valence-electron chi connectivity index (χ4n) is 12.3. The van der Waals surface area contributed by atoms with Crippen molar-refractivity contribution < 1.29 is 0 Å². The van der Waals surface area contributed by atoms with E-state index >= 15 is 0 Å². The molecule has 0 saturated carbocycles. The minimum absolute atomic E-state index is 0.00128. The topological polar surface area (TPSA) is 3.24 Å². The highest BCUT2D eigenvalue weighted by Crippen LogP contribution is 2.61. The molecule has 0 amide bonds. The first-order chi connectivity index (χ1) is 27.3. The van der Waals surface area contributed by atoms with Crippen molar-refractivity contribution in [3.63, 3.8) is 0 Å². The van der Waals surface area contributed by atoms with Gasteiger partial charge < -0.3 is 4.90 Å². The van der Waals surface area contributed by atoms with E-state index in [1.54, 1.807) is 5.57 Å². The molecule has 7 aliphatic carbocycles. The van der Waals surface area contributed by atoms with Gasteiger partial charge >= 0.3 is 0 Å². The van der Waals surface area contributed by atoms with Crippen molar-refractivity contribution in [2.24, 2.45) is 5.92 Å². The zero-order valence-electron chi connectivity index (χ0n) is 33.2. The maximum atomic E-state index is 2.89. The molecule has 56 heavy (non-hydrogen) atoms. The van der Waals surface area contributed by atoms with Gasteiger partial charge in [-0.3, -0.25) is 0 Å². The van der Waals surface area contributed by atoms with Gasteiger partial charge in [0.15, 0.2) is 0 Å². The second-order valence-electron chi connectivity index (χ2n) is 18.2. The Hall–Kier alpha value is -5.40. The number of fused-ring (bicyclic) bond motifs is 7. The number of hydrogen-bond donors (Lipinski definition) is 0. The molecule has 1 nitrogen and oxygen atoms in total. The monoisotopic (exact) mass is 725 g/mol. The second-order valence-corrected chi connectivity index (χ2v) is 18.2. The summed E-state index contributed by atoms with van der Waals surface area (Å²) in [6.07, 6.45) is 27.7. The molecule has 1 heteroatoms. The molecular formula is C55H51N. The lowest BCUT2D eigenvalue weighted by molar-refractivity contribution is 0.231. The molecule has 0 spiro atoms. The van der Waals surface area contributed by atoms with Crippen LogP contribution in [0, 0.1) is 5.92 Å². The summed E-state index contributed by atoms with van der Waals surface area (Å²) in [7, 11) is 0. The molecule has 4 aromatic rings. The van der Waals surface area contributed by atoms with Crippen LogP contribution in [-0.4, -0.2) is 17.0 Å². The predicted octanol–water partition coefficient (Wildman–Crippen LogP) is 13.0. The Kier molecular flexibility index (Phi) is 7.44. The molecule has 0 heterocycles. The first-order valence-electron chi connectivity index (χ1n) is 21.0. The average Bonchev–Trinajstić information content (AvgIpc) is 3.76. The third-order valence-corrected chi connectivity index (χ3v) is 14.9. The van der Waals surface area contributed by atoms with E-state index in [4.69, 9.17) is 0 Å². The predicted molar refractivity (Wildman–Crippen MR) is 234 cm³/mol. The van der Waals surface area contributed by atoms with Gasteiger partial charge in [-0.25, -0.2) is 0 Å². The first-order valence-corrected chi connectivity index (χ1v) is 21.0. The first kappa shape index (κ1) is 33.9. The summed E-state index contributed by atoms with van der Waals surface area (Å²) >= 11 is 0. The molecule has 7 aliphatic rings. The standard InChI is InChI=1S/C55H51N/c1-53(2)48-26-13-9-24-44(48)46-34-39(30-32-49(46)53)56(40-29-31-45-41-21-8-12-25-47(41)54(3,4)52(45)35-40)38-20-16-19-37(33-38)55(36-17-6-5-7-18-36)50-27-14-10-22-42(50)43-23-11-15-28-51(43)55/h5-15,17-19,21-27,29-33,39-40,51H,16,20,28,34-35H2,1-4H3. The summed E-state index contributed by atoms with van der Waals surface area (Å²) in [6, 6.07) is 39.6. The van der Waals surface area contributed by atoms with E-state index < -0.39 is 0 Å². The van der Waals surface area contributed by atoms with Crippen LogP contribution in [0.1, 0.15) is 98.7 Å². The third-order valence-electron chi connectivity index (χ3n) is 14.9. The quantitative estimate of drug-likeness (QED) is 0.198. The fraction of sp³-hybridized carbons (Fsp3) is 0.273. The highest BCUT2D eigenvalue weighted by Gasteiger charge is 2.53. The molecule has 276 valence electrons. The van der Waals surface area contributed by atoms with Gasteiger partial charge in [0.05, 0.1) is 17.5 Å². The minimum atomic E-state index is -0.258. The number of nitrogens with zero attached hydrogens (tertiary/aromatic N) is 1. The van der Waals surface area contributed by atoms with Crippen LogP contribution in [0.3, 0.4) is 0 Å². The lowest BCUT2D eigenvalue weighted by Gasteiger charge is -2.46. The van der Waals surface area contributed by atoms with Gasteiger partial charge in [0.1, 0.15) is 0 Å².